The fraction of sp³-hybridized carbons (Fsp3) is 0.643. The molecule has 4 heteroatoms. The molecule has 1 atom stereocenters. The Kier molecular flexibility index (Phi) is 5.32. The highest BCUT2D eigenvalue weighted by Crippen LogP contribution is 2.27. The molecule has 1 fully saturated rings. The molecule has 1 aromatic heterocycles. The lowest BCUT2D eigenvalue weighted by molar-refractivity contribution is 0.700. The molecule has 2 rings (SSSR count). The van der Waals surface area contributed by atoms with Gasteiger partial charge in [0.2, 0.25) is 0 Å². The van der Waals surface area contributed by atoms with E-state index < -0.39 is 0 Å². The van der Waals surface area contributed by atoms with Crippen LogP contribution >= 0.6 is 11.8 Å². The molecule has 0 saturated carbocycles. The SMILES string of the molecule is CCNCc1ccncc1N1CCSC(CC)C1. The molecule has 0 amide bonds. The van der Waals surface area contributed by atoms with E-state index in [-0.39, 0.29) is 0 Å². The molecule has 1 aromatic rings. The third-order valence-electron chi connectivity index (χ3n) is 3.39. The maximum Gasteiger partial charge on any atom is 0.0599 e. The number of thioether (sulfide) groups is 1. The highest BCUT2D eigenvalue weighted by molar-refractivity contribution is 8.00. The van der Waals surface area contributed by atoms with Crippen molar-refractivity contribution in [3.63, 3.8) is 0 Å². The molecule has 1 aliphatic rings. The van der Waals surface area contributed by atoms with Crippen LogP contribution in [-0.2, 0) is 6.54 Å². The van der Waals surface area contributed by atoms with E-state index in [4.69, 9.17) is 0 Å². The second-order valence-corrected chi connectivity index (χ2v) is 6.04. The summed E-state index contributed by atoms with van der Waals surface area (Å²) >= 11 is 2.11. The normalized spacial score (nSPS) is 20.1. The monoisotopic (exact) mass is 265 g/mol. The van der Waals surface area contributed by atoms with Crippen LogP contribution in [0.2, 0.25) is 0 Å². The summed E-state index contributed by atoms with van der Waals surface area (Å²) in [6, 6.07) is 2.14. The highest BCUT2D eigenvalue weighted by atomic mass is 32.2. The van der Waals surface area contributed by atoms with Crippen LogP contribution in [0.1, 0.15) is 25.8 Å². The molecule has 0 bridgehead atoms. The molecular formula is C14H23N3S. The fourth-order valence-corrected chi connectivity index (χ4v) is 3.47. The number of hydrogen-bond donors (Lipinski definition) is 1. The molecular weight excluding hydrogens is 242 g/mol. The summed E-state index contributed by atoms with van der Waals surface area (Å²) in [6.07, 6.45) is 5.17. The van der Waals surface area contributed by atoms with E-state index in [1.165, 1.54) is 23.4 Å². The molecule has 1 aliphatic heterocycles. The summed E-state index contributed by atoms with van der Waals surface area (Å²) < 4.78 is 0. The minimum atomic E-state index is 0.769. The first kappa shape index (κ1) is 13.7. The summed E-state index contributed by atoms with van der Waals surface area (Å²) in [6.45, 7) is 8.68. The Morgan fingerprint density at radius 3 is 3.17 bits per heavy atom. The Morgan fingerprint density at radius 2 is 2.39 bits per heavy atom. The molecule has 1 saturated heterocycles. The first-order chi connectivity index (χ1) is 8.85. The van der Waals surface area contributed by atoms with Gasteiger partial charge in [-0.05, 0) is 24.6 Å². The zero-order chi connectivity index (χ0) is 12.8. The van der Waals surface area contributed by atoms with Gasteiger partial charge in [-0.1, -0.05) is 13.8 Å². The van der Waals surface area contributed by atoms with Crippen molar-refractivity contribution in [2.24, 2.45) is 0 Å². The van der Waals surface area contributed by atoms with Crippen molar-refractivity contribution < 1.29 is 0 Å². The Hall–Kier alpha value is -0.740. The summed E-state index contributed by atoms with van der Waals surface area (Å²) in [5.74, 6) is 1.23. The zero-order valence-corrected chi connectivity index (χ0v) is 12.2. The van der Waals surface area contributed by atoms with Gasteiger partial charge in [-0.15, -0.1) is 0 Å². The lowest BCUT2D eigenvalue weighted by Gasteiger charge is -2.34. The molecule has 0 spiro atoms. The Morgan fingerprint density at radius 1 is 1.50 bits per heavy atom. The van der Waals surface area contributed by atoms with Crippen molar-refractivity contribution in [3.8, 4) is 0 Å². The number of hydrogen-bond acceptors (Lipinski definition) is 4. The van der Waals surface area contributed by atoms with E-state index in [0.29, 0.717) is 0 Å². The lowest BCUT2D eigenvalue weighted by Crippen LogP contribution is -2.38. The van der Waals surface area contributed by atoms with Gasteiger partial charge in [0, 0.05) is 36.8 Å². The van der Waals surface area contributed by atoms with Gasteiger partial charge in [0.15, 0.2) is 0 Å². The summed E-state index contributed by atoms with van der Waals surface area (Å²) in [5, 5.41) is 4.18. The number of aromatic nitrogens is 1. The van der Waals surface area contributed by atoms with E-state index in [9.17, 15) is 0 Å². The Labute approximate surface area is 114 Å². The third-order valence-corrected chi connectivity index (χ3v) is 4.76. The second-order valence-electron chi connectivity index (χ2n) is 4.63. The van der Waals surface area contributed by atoms with Crippen LogP contribution < -0.4 is 10.2 Å². The minimum Gasteiger partial charge on any atom is -0.368 e. The van der Waals surface area contributed by atoms with E-state index in [2.05, 4.69) is 46.9 Å². The van der Waals surface area contributed by atoms with Gasteiger partial charge >= 0.3 is 0 Å². The van der Waals surface area contributed by atoms with Gasteiger partial charge in [0.05, 0.1) is 11.9 Å². The average Bonchev–Trinajstić information content (AvgIpc) is 2.45. The first-order valence-corrected chi connectivity index (χ1v) is 7.90. The highest BCUT2D eigenvalue weighted by Gasteiger charge is 2.20. The van der Waals surface area contributed by atoms with Crippen molar-refractivity contribution in [1.29, 1.82) is 0 Å². The van der Waals surface area contributed by atoms with Crippen molar-refractivity contribution in [3.05, 3.63) is 24.0 Å². The maximum absolute atomic E-state index is 4.30. The molecule has 0 aliphatic carbocycles. The second kappa shape index (κ2) is 7.00. The zero-order valence-electron chi connectivity index (χ0n) is 11.4. The smallest absolute Gasteiger partial charge is 0.0599 e. The molecule has 100 valence electrons. The Bertz CT molecular complexity index is 370. The van der Waals surface area contributed by atoms with Crippen LogP contribution in [-0.4, -0.2) is 35.6 Å². The van der Waals surface area contributed by atoms with Gasteiger partial charge in [-0.2, -0.15) is 11.8 Å². The van der Waals surface area contributed by atoms with E-state index >= 15 is 0 Å². The number of nitrogens with one attached hydrogen (secondary N) is 1. The van der Waals surface area contributed by atoms with Crippen LogP contribution in [0.25, 0.3) is 0 Å². The number of pyridine rings is 1. The maximum atomic E-state index is 4.30. The minimum absolute atomic E-state index is 0.769. The largest absolute Gasteiger partial charge is 0.368 e. The molecule has 0 aromatic carbocycles. The Balaban J connectivity index is 2.11. The predicted octanol–water partition coefficient (Wildman–Crippen LogP) is 2.52. The van der Waals surface area contributed by atoms with Crippen LogP contribution in [0.3, 0.4) is 0 Å². The van der Waals surface area contributed by atoms with Crippen LogP contribution in [0.4, 0.5) is 5.69 Å². The molecule has 2 heterocycles. The third kappa shape index (κ3) is 3.39. The standard InChI is InChI=1S/C14H23N3S/c1-3-13-11-17(7-8-18-13)14-10-16-6-5-12(14)9-15-4-2/h5-6,10,13,15H,3-4,7-9,11H2,1-2H3. The number of nitrogens with zero attached hydrogens (tertiary/aromatic N) is 2. The van der Waals surface area contributed by atoms with E-state index in [0.717, 1.165) is 31.4 Å². The van der Waals surface area contributed by atoms with Crippen molar-refractivity contribution in [1.82, 2.24) is 10.3 Å². The predicted molar refractivity (Wildman–Crippen MR) is 80.4 cm³/mol. The first-order valence-electron chi connectivity index (χ1n) is 6.85. The van der Waals surface area contributed by atoms with Gasteiger partial charge in [0.25, 0.3) is 0 Å². The fourth-order valence-electron chi connectivity index (χ4n) is 2.29. The average molecular weight is 265 g/mol. The lowest BCUT2D eigenvalue weighted by atomic mass is 10.2. The van der Waals surface area contributed by atoms with Crippen LogP contribution in [0.15, 0.2) is 18.5 Å². The molecule has 1 N–H and O–H groups in total. The van der Waals surface area contributed by atoms with Crippen molar-refractivity contribution >= 4 is 17.4 Å². The topological polar surface area (TPSA) is 28.2 Å². The number of rotatable bonds is 5. The van der Waals surface area contributed by atoms with Gasteiger partial charge in [-0.3, -0.25) is 4.98 Å². The summed E-state index contributed by atoms with van der Waals surface area (Å²) in [5.41, 5.74) is 2.69. The van der Waals surface area contributed by atoms with E-state index in [1.807, 2.05) is 12.4 Å². The summed E-state index contributed by atoms with van der Waals surface area (Å²) in [7, 11) is 0. The number of anilines is 1. The van der Waals surface area contributed by atoms with Gasteiger partial charge in [-0.25, -0.2) is 0 Å². The molecule has 3 nitrogen and oxygen atoms in total. The molecule has 18 heavy (non-hydrogen) atoms. The van der Waals surface area contributed by atoms with Crippen molar-refractivity contribution in [2.45, 2.75) is 32.1 Å². The molecule has 0 radical (unpaired) electrons. The summed E-state index contributed by atoms with van der Waals surface area (Å²) in [4.78, 5) is 6.81. The van der Waals surface area contributed by atoms with E-state index in [1.54, 1.807) is 0 Å². The quantitative estimate of drug-likeness (QED) is 0.885. The van der Waals surface area contributed by atoms with Gasteiger partial charge in [0.1, 0.15) is 0 Å². The van der Waals surface area contributed by atoms with Crippen molar-refractivity contribution in [2.75, 3.05) is 30.3 Å². The van der Waals surface area contributed by atoms with Crippen LogP contribution in [0.5, 0.6) is 0 Å². The van der Waals surface area contributed by atoms with Gasteiger partial charge < -0.3 is 10.2 Å². The molecule has 1 unspecified atom stereocenters. The van der Waals surface area contributed by atoms with Crippen LogP contribution in [0, 0.1) is 0 Å².